The van der Waals surface area contributed by atoms with Crippen molar-refractivity contribution >= 4 is 6.29 Å². The Morgan fingerprint density at radius 3 is 2.47 bits per heavy atom. The predicted octanol–water partition coefficient (Wildman–Crippen LogP) is 2.04. The van der Waals surface area contributed by atoms with Crippen LogP contribution in [0.5, 0.6) is 5.75 Å². The summed E-state index contributed by atoms with van der Waals surface area (Å²) in [5.74, 6) is 0.185. The van der Waals surface area contributed by atoms with Crippen molar-refractivity contribution in [1.29, 1.82) is 0 Å². The number of benzene rings is 1. The zero-order chi connectivity index (χ0) is 12.4. The van der Waals surface area contributed by atoms with Crippen molar-refractivity contribution in [2.24, 2.45) is 0 Å². The van der Waals surface area contributed by atoms with Crippen molar-refractivity contribution in [1.82, 2.24) is 15.0 Å². The van der Waals surface area contributed by atoms with Gasteiger partial charge in [0.25, 0.3) is 0 Å². The number of nitrogens with zero attached hydrogens (tertiary/aromatic N) is 3. The van der Waals surface area contributed by atoms with Gasteiger partial charge >= 0.3 is 0 Å². The molecule has 2 aromatic rings. The number of carbonyl (C=O) groups is 1. The van der Waals surface area contributed by atoms with Gasteiger partial charge in [-0.3, -0.25) is 4.79 Å². The molecular weight excluding hydrogens is 218 g/mol. The third-order valence-electron chi connectivity index (χ3n) is 2.46. The van der Waals surface area contributed by atoms with Crippen LogP contribution in [0.1, 0.15) is 30.4 Å². The summed E-state index contributed by atoms with van der Waals surface area (Å²) in [6.07, 6.45) is 0.689. The Balaban J connectivity index is 2.59. The van der Waals surface area contributed by atoms with Crippen molar-refractivity contribution in [3.05, 3.63) is 30.0 Å². The van der Waals surface area contributed by atoms with Gasteiger partial charge < -0.3 is 5.11 Å². The van der Waals surface area contributed by atoms with Crippen LogP contribution in [0.25, 0.3) is 11.3 Å². The summed E-state index contributed by atoms with van der Waals surface area (Å²) in [6.45, 7) is 3.93. The first kappa shape index (κ1) is 11.3. The van der Waals surface area contributed by atoms with Crippen LogP contribution in [0.3, 0.4) is 0 Å². The zero-order valence-corrected chi connectivity index (χ0v) is 9.66. The topological polar surface area (TPSA) is 68.0 Å². The number of hydrogen-bond donors (Lipinski definition) is 1. The Bertz CT molecular complexity index is 529. The smallest absolute Gasteiger partial charge is 0.172 e. The molecule has 0 aliphatic carbocycles. The fraction of sp³-hybridized carbons (Fsp3) is 0.250. The second kappa shape index (κ2) is 4.37. The lowest BCUT2D eigenvalue weighted by atomic mass is 10.1. The van der Waals surface area contributed by atoms with Crippen LogP contribution >= 0.6 is 0 Å². The molecule has 0 spiro atoms. The molecule has 5 nitrogen and oxygen atoms in total. The van der Waals surface area contributed by atoms with Gasteiger partial charge in [0.2, 0.25) is 0 Å². The quantitative estimate of drug-likeness (QED) is 0.821. The fourth-order valence-corrected chi connectivity index (χ4v) is 1.65. The van der Waals surface area contributed by atoms with Crippen LogP contribution in [0, 0.1) is 0 Å². The Morgan fingerprint density at radius 2 is 1.94 bits per heavy atom. The number of aldehydes is 1. The fourth-order valence-electron chi connectivity index (χ4n) is 1.65. The van der Waals surface area contributed by atoms with Gasteiger partial charge in [-0.1, -0.05) is 5.21 Å². The number of phenolic OH excluding ortho intramolecular Hbond substituents is 1. The highest BCUT2D eigenvalue weighted by Gasteiger charge is 2.16. The van der Waals surface area contributed by atoms with E-state index in [2.05, 4.69) is 10.3 Å². The third-order valence-corrected chi connectivity index (χ3v) is 2.46. The first-order chi connectivity index (χ1) is 8.13. The van der Waals surface area contributed by atoms with Crippen molar-refractivity contribution in [2.45, 2.75) is 19.9 Å². The summed E-state index contributed by atoms with van der Waals surface area (Å²) in [5, 5.41) is 17.0. The molecule has 88 valence electrons. The molecule has 1 aromatic heterocycles. The molecule has 2 rings (SSSR count). The lowest BCUT2D eigenvalue weighted by molar-refractivity contribution is 0.111. The van der Waals surface area contributed by atoms with Crippen LogP contribution in [0.4, 0.5) is 0 Å². The molecule has 0 radical (unpaired) electrons. The molecule has 0 atom stereocenters. The van der Waals surface area contributed by atoms with Gasteiger partial charge in [-0.15, -0.1) is 5.10 Å². The van der Waals surface area contributed by atoms with E-state index >= 15 is 0 Å². The van der Waals surface area contributed by atoms with Crippen molar-refractivity contribution in [3.63, 3.8) is 0 Å². The monoisotopic (exact) mass is 231 g/mol. The average molecular weight is 231 g/mol. The summed E-state index contributed by atoms with van der Waals surface area (Å²) >= 11 is 0. The van der Waals surface area contributed by atoms with Gasteiger partial charge in [-0.2, -0.15) is 0 Å². The molecule has 0 aliphatic heterocycles. The van der Waals surface area contributed by atoms with Crippen LogP contribution in [-0.4, -0.2) is 26.4 Å². The van der Waals surface area contributed by atoms with Gasteiger partial charge in [0.05, 0.1) is 5.69 Å². The highest BCUT2D eigenvalue weighted by atomic mass is 16.3. The summed E-state index contributed by atoms with van der Waals surface area (Å²) in [6, 6.07) is 6.73. The molecule has 5 heteroatoms. The van der Waals surface area contributed by atoms with Crippen molar-refractivity contribution in [3.8, 4) is 17.0 Å². The van der Waals surface area contributed by atoms with Gasteiger partial charge in [0.15, 0.2) is 12.0 Å². The molecule has 0 fully saturated rings. The molecule has 0 aliphatic rings. The van der Waals surface area contributed by atoms with Crippen molar-refractivity contribution in [2.75, 3.05) is 0 Å². The first-order valence-corrected chi connectivity index (χ1v) is 5.33. The molecule has 0 saturated heterocycles. The Hall–Kier alpha value is -2.17. The first-order valence-electron chi connectivity index (χ1n) is 5.33. The van der Waals surface area contributed by atoms with Crippen LogP contribution in [-0.2, 0) is 0 Å². The van der Waals surface area contributed by atoms with E-state index in [1.807, 2.05) is 13.8 Å². The highest BCUT2D eigenvalue weighted by Crippen LogP contribution is 2.25. The van der Waals surface area contributed by atoms with E-state index in [1.165, 1.54) is 0 Å². The maximum Gasteiger partial charge on any atom is 0.172 e. The molecule has 0 unspecified atom stereocenters. The van der Waals surface area contributed by atoms with E-state index in [0.717, 1.165) is 5.56 Å². The Labute approximate surface area is 98.7 Å². The number of hydrogen-bond acceptors (Lipinski definition) is 4. The average Bonchev–Trinajstić information content (AvgIpc) is 2.73. The molecule has 1 heterocycles. The minimum Gasteiger partial charge on any atom is -0.508 e. The lowest BCUT2D eigenvalue weighted by Crippen LogP contribution is -2.05. The number of aromatic nitrogens is 3. The minimum absolute atomic E-state index is 0.111. The van der Waals surface area contributed by atoms with Crippen molar-refractivity contribution < 1.29 is 9.90 Å². The molecule has 0 amide bonds. The largest absolute Gasteiger partial charge is 0.508 e. The molecule has 0 bridgehead atoms. The van der Waals surface area contributed by atoms with Crippen LogP contribution < -0.4 is 0 Å². The molecular formula is C12H13N3O2. The van der Waals surface area contributed by atoms with E-state index in [4.69, 9.17) is 0 Å². The number of carbonyl (C=O) groups excluding carboxylic acids is 1. The highest BCUT2D eigenvalue weighted by molar-refractivity contribution is 5.83. The Morgan fingerprint density at radius 1 is 1.29 bits per heavy atom. The molecule has 1 aromatic carbocycles. The lowest BCUT2D eigenvalue weighted by Gasteiger charge is -2.10. The van der Waals surface area contributed by atoms with E-state index in [-0.39, 0.29) is 11.8 Å². The molecule has 1 N–H and O–H groups in total. The normalized spacial score (nSPS) is 10.8. The zero-order valence-electron chi connectivity index (χ0n) is 9.66. The predicted molar refractivity (Wildman–Crippen MR) is 62.9 cm³/mol. The van der Waals surface area contributed by atoms with Crippen LogP contribution in [0.15, 0.2) is 24.3 Å². The second-order valence-electron chi connectivity index (χ2n) is 4.03. The number of aromatic hydroxyl groups is 1. The number of rotatable bonds is 3. The molecule has 0 saturated carbocycles. The standard InChI is InChI=1S/C12H13N3O2/c1-8(2)15-12(11(7-16)13-14-15)9-3-5-10(17)6-4-9/h3-8,17H,1-2H3. The van der Waals surface area contributed by atoms with Gasteiger partial charge in [-0.25, -0.2) is 4.68 Å². The summed E-state index contributed by atoms with van der Waals surface area (Å²) in [7, 11) is 0. The second-order valence-corrected chi connectivity index (χ2v) is 4.03. The third kappa shape index (κ3) is 2.04. The minimum atomic E-state index is 0.111. The van der Waals surface area contributed by atoms with E-state index < -0.39 is 0 Å². The van der Waals surface area contributed by atoms with E-state index in [9.17, 15) is 9.90 Å². The summed E-state index contributed by atoms with van der Waals surface area (Å²) < 4.78 is 1.69. The van der Waals surface area contributed by atoms with Crippen LogP contribution in [0.2, 0.25) is 0 Å². The maximum absolute atomic E-state index is 10.9. The summed E-state index contributed by atoms with van der Waals surface area (Å²) in [5.41, 5.74) is 1.79. The van der Waals surface area contributed by atoms with Gasteiger partial charge in [0.1, 0.15) is 5.75 Å². The van der Waals surface area contributed by atoms with E-state index in [1.54, 1.807) is 28.9 Å². The molecule has 17 heavy (non-hydrogen) atoms. The van der Waals surface area contributed by atoms with Gasteiger partial charge in [0, 0.05) is 11.6 Å². The van der Waals surface area contributed by atoms with E-state index in [0.29, 0.717) is 17.7 Å². The number of phenols is 1. The SMILES string of the molecule is CC(C)n1nnc(C=O)c1-c1ccc(O)cc1. The Kier molecular flexibility index (Phi) is 2.91. The maximum atomic E-state index is 10.9. The van der Waals surface area contributed by atoms with Gasteiger partial charge in [-0.05, 0) is 38.1 Å². The summed E-state index contributed by atoms with van der Waals surface area (Å²) in [4.78, 5) is 10.9.